The summed E-state index contributed by atoms with van der Waals surface area (Å²) in [6, 6.07) is 4.34. The normalized spacial score (nSPS) is 11.4. The number of sulfonamides is 1. The number of hydrogen-bond donors (Lipinski definition) is 2. The average molecular weight is 332 g/mol. The number of aromatic nitrogens is 1. The van der Waals surface area contributed by atoms with Crippen LogP contribution in [-0.2, 0) is 10.0 Å². The molecule has 0 aliphatic heterocycles. The van der Waals surface area contributed by atoms with Crippen LogP contribution in [0.15, 0.2) is 38.2 Å². The monoisotopic (exact) mass is 331 g/mol. The smallest absolute Gasteiger partial charge is 0.309 e. The maximum Gasteiger partial charge on any atom is 0.309 e. The third-order valence-electron chi connectivity index (χ3n) is 2.09. The number of nitrogen functional groups attached to an aromatic ring is 1. The molecular formula is C10H10BrN3O3S. The molecule has 0 saturated carbocycles. The van der Waals surface area contributed by atoms with Crippen molar-refractivity contribution in [3.8, 4) is 0 Å². The number of nitrogens with two attached hydrogens (primary N) is 1. The minimum absolute atomic E-state index is 0.0625. The van der Waals surface area contributed by atoms with Crippen molar-refractivity contribution >= 4 is 37.7 Å². The van der Waals surface area contributed by atoms with Crippen molar-refractivity contribution in [3.63, 3.8) is 0 Å². The molecule has 1 aromatic heterocycles. The zero-order chi connectivity index (χ0) is 13.3. The van der Waals surface area contributed by atoms with Gasteiger partial charge in [-0.3, -0.25) is 0 Å². The van der Waals surface area contributed by atoms with Gasteiger partial charge in [-0.1, -0.05) is 0 Å². The van der Waals surface area contributed by atoms with E-state index < -0.39 is 10.0 Å². The van der Waals surface area contributed by atoms with Crippen LogP contribution in [0.2, 0.25) is 0 Å². The maximum absolute atomic E-state index is 12.1. The molecule has 2 aromatic rings. The summed E-state index contributed by atoms with van der Waals surface area (Å²) in [7, 11) is -3.76. The SMILES string of the molecule is Cc1coc(NS(=O)(=O)c2ccc(N)cc2Br)n1. The third-order valence-corrected chi connectivity index (χ3v) is 4.38. The van der Waals surface area contributed by atoms with Crippen molar-refractivity contribution in [2.75, 3.05) is 10.5 Å². The van der Waals surface area contributed by atoms with Gasteiger partial charge in [0.1, 0.15) is 11.2 Å². The Labute approximate surface area is 112 Å². The molecule has 0 radical (unpaired) electrons. The number of aryl methyl sites for hydroxylation is 1. The Kier molecular flexibility index (Phi) is 3.31. The van der Waals surface area contributed by atoms with Crippen LogP contribution < -0.4 is 10.5 Å². The second-order valence-corrected chi connectivity index (χ2v) is 6.09. The lowest BCUT2D eigenvalue weighted by Crippen LogP contribution is -2.14. The van der Waals surface area contributed by atoms with Crippen molar-refractivity contribution in [3.05, 3.63) is 34.6 Å². The van der Waals surface area contributed by atoms with E-state index in [0.29, 0.717) is 15.9 Å². The van der Waals surface area contributed by atoms with Crippen LogP contribution >= 0.6 is 15.9 Å². The standard InChI is InChI=1S/C10H10BrN3O3S/c1-6-5-17-10(13-6)14-18(15,16)9-3-2-7(12)4-8(9)11/h2-5H,12H2,1H3,(H,13,14). The summed E-state index contributed by atoms with van der Waals surface area (Å²) < 4.78 is 31.7. The summed E-state index contributed by atoms with van der Waals surface area (Å²) in [6.45, 7) is 1.69. The van der Waals surface area contributed by atoms with E-state index in [2.05, 4.69) is 25.6 Å². The maximum atomic E-state index is 12.1. The van der Waals surface area contributed by atoms with Crippen molar-refractivity contribution in [2.24, 2.45) is 0 Å². The summed E-state index contributed by atoms with van der Waals surface area (Å²) in [5.74, 6) is 0. The van der Waals surface area contributed by atoms with Crippen molar-refractivity contribution in [2.45, 2.75) is 11.8 Å². The quantitative estimate of drug-likeness (QED) is 0.839. The molecule has 2 rings (SSSR count). The van der Waals surface area contributed by atoms with Crippen LogP contribution in [0.3, 0.4) is 0 Å². The lowest BCUT2D eigenvalue weighted by atomic mass is 10.3. The minimum atomic E-state index is -3.76. The van der Waals surface area contributed by atoms with Gasteiger partial charge >= 0.3 is 6.01 Å². The number of nitrogens with zero attached hydrogens (tertiary/aromatic N) is 1. The number of hydrogen-bond acceptors (Lipinski definition) is 5. The van der Waals surface area contributed by atoms with Crippen LogP contribution in [0.1, 0.15) is 5.69 Å². The second-order valence-electron chi connectivity index (χ2n) is 3.59. The van der Waals surface area contributed by atoms with Gasteiger partial charge < -0.3 is 10.2 Å². The van der Waals surface area contributed by atoms with Gasteiger partial charge in [-0.2, -0.15) is 4.98 Å². The molecule has 0 unspecified atom stereocenters. The van der Waals surface area contributed by atoms with Crippen molar-refractivity contribution in [1.82, 2.24) is 4.98 Å². The van der Waals surface area contributed by atoms with Crippen LogP contribution in [0.4, 0.5) is 11.7 Å². The molecule has 8 heteroatoms. The Morgan fingerprint density at radius 3 is 2.72 bits per heavy atom. The highest BCUT2D eigenvalue weighted by Crippen LogP contribution is 2.25. The fourth-order valence-electron chi connectivity index (χ4n) is 1.31. The Balaban J connectivity index is 2.36. The summed E-state index contributed by atoms with van der Waals surface area (Å²) in [5.41, 5.74) is 6.60. The van der Waals surface area contributed by atoms with E-state index in [0.717, 1.165) is 0 Å². The molecule has 18 heavy (non-hydrogen) atoms. The number of anilines is 2. The average Bonchev–Trinajstić information content (AvgIpc) is 2.62. The molecule has 0 bridgehead atoms. The fraction of sp³-hybridized carbons (Fsp3) is 0.100. The molecule has 0 aliphatic rings. The van der Waals surface area contributed by atoms with E-state index >= 15 is 0 Å². The van der Waals surface area contributed by atoms with Gasteiger partial charge in [0.2, 0.25) is 0 Å². The summed E-state index contributed by atoms with van der Waals surface area (Å²) >= 11 is 3.15. The summed E-state index contributed by atoms with van der Waals surface area (Å²) in [5, 5.41) is 0. The highest BCUT2D eigenvalue weighted by molar-refractivity contribution is 9.10. The van der Waals surface area contributed by atoms with Crippen molar-refractivity contribution in [1.29, 1.82) is 0 Å². The molecule has 1 heterocycles. The topological polar surface area (TPSA) is 98.2 Å². The number of nitrogens with one attached hydrogen (secondary N) is 1. The molecule has 0 spiro atoms. The highest BCUT2D eigenvalue weighted by atomic mass is 79.9. The Hall–Kier alpha value is -1.54. The summed E-state index contributed by atoms with van der Waals surface area (Å²) in [6.07, 6.45) is 1.36. The lowest BCUT2D eigenvalue weighted by Gasteiger charge is -2.07. The van der Waals surface area contributed by atoms with Crippen LogP contribution in [0, 0.1) is 6.92 Å². The molecule has 0 atom stereocenters. The van der Waals surface area contributed by atoms with Gasteiger partial charge in [0.15, 0.2) is 0 Å². The first-order chi connectivity index (χ1) is 8.38. The Bertz CT molecular complexity index is 681. The molecule has 1 aromatic carbocycles. The predicted octanol–water partition coefficient (Wildman–Crippen LogP) is 2.13. The van der Waals surface area contributed by atoms with E-state index in [1.807, 2.05) is 0 Å². The first kappa shape index (κ1) is 12.9. The van der Waals surface area contributed by atoms with Gasteiger partial charge in [0.05, 0.1) is 5.69 Å². The van der Waals surface area contributed by atoms with Gasteiger partial charge in [0.25, 0.3) is 10.0 Å². The molecule has 0 fully saturated rings. The molecule has 3 N–H and O–H groups in total. The third kappa shape index (κ3) is 2.65. The predicted molar refractivity (Wildman–Crippen MR) is 70.6 cm³/mol. The summed E-state index contributed by atoms with van der Waals surface area (Å²) in [4.78, 5) is 3.93. The molecule has 96 valence electrons. The van der Waals surface area contributed by atoms with Crippen LogP contribution in [-0.4, -0.2) is 13.4 Å². The number of rotatable bonds is 3. The van der Waals surface area contributed by atoms with E-state index in [9.17, 15) is 8.42 Å². The first-order valence-corrected chi connectivity index (χ1v) is 7.16. The number of oxazole rings is 1. The highest BCUT2D eigenvalue weighted by Gasteiger charge is 2.19. The lowest BCUT2D eigenvalue weighted by molar-refractivity contribution is 0.569. The molecule has 0 aliphatic carbocycles. The molecule has 0 saturated heterocycles. The molecule has 0 amide bonds. The fourth-order valence-corrected chi connectivity index (χ4v) is 3.34. The minimum Gasteiger partial charge on any atom is -0.431 e. The van der Waals surface area contributed by atoms with Crippen LogP contribution in [0.25, 0.3) is 0 Å². The number of benzene rings is 1. The molecule has 6 nitrogen and oxygen atoms in total. The number of halogens is 1. The van der Waals surface area contributed by atoms with E-state index in [1.54, 1.807) is 6.92 Å². The van der Waals surface area contributed by atoms with E-state index in [4.69, 9.17) is 10.2 Å². The van der Waals surface area contributed by atoms with Gasteiger partial charge in [0, 0.05) is 10.2 Å². The largest absolute Gasteiger partial charge is 0.431 e. The Morgan fingerprint density at radius 1 is 1.44 bits per heavy atom. The Morgan fingerprint density at radius 2 is 2.17 bits per heavy atom. The van der Waals surface area contributed by atoms with Crippen LogP contribution in [0.5, 0.6) is 0 Å². The second kappa shape index (κ2) is 4.62. The van der Waals surface area contributed by atoms with Gasteiger partial charge in [-0.05, 0) is 41.1 Å². The van der Waals surface area contributed by atoms with E-state index in [-0.39, 0.29) is 10.9 Å². The van der Waals surface area contributed by atoms with Crippen molar-refractivity contribution < 1.29 is 12.8 Å². The van der Waals surface area contributed by atoms with E-state index in [1.165, 1.54) is 24.5 Å². The zero-order valence-corrected chi connectivity index (χ0v) is 11.7. The van der Waals surface area contributed by atoms with Gasteiger partial charge in [-0.15, -0.1) is 0 Å². The molecular weight excluding hydrogens is 322 g/mol. The van der Waals surface area contributed by atoms with Gasteiger partial charge in [-0.25, -0.2) is 13.1 Å². The first-order valence-electron chi connectivity index (χ1n) is 4.88. The zero-order valence-electron chi connectivity index (χ0n) is 9.34.